The second-order valence-electron chi connectivity index (χ2n) is 3.51. The molecule has 2 rings (SSSR count). The van der Waals surface area contributed by atoms with E-state index in [1.165, 1.54) is 0 Å². The highest BCUT2D eigenvalue weighted by Gasteiger charge is 2.35. The van der Waals surface area contributed by atoms with Gasteiger partial charge in [0.05, 0.1) is 11.9 Å². The van der Waals surface area contributed by atoms with Crippen LogP contribution in [0, 0.1) is 5.82 Å². The van der Waals surface area contributed by atoms with Crippen LogP contribution >= 0.6 is 0 Å². The summed E-state index contributed by atoms with van der Waals surface area (Å²) in [6, 6.07) is 2.94. The van der Waals surface area contributed by atoms with Crippen LogP contribution in [0.4, 0.5) is 17.6 Å². The van der Waals surface area contributed by atoms with Gasteiger partial charge in [-0.2, -0.15) is 18.3 Å². The van der Waals surface area contributed by atoms with Crippen LogP contribution in [-0.2, 0) is 6.18 Å². The van der Waals surface area contributed by atoms with Crippen LogP contribution in [0.15, 0.2) is 24.4 Å². The Morgan fingerprint density at radius 3 is 2.61 bits per heavy atom. The number of nitrogens with one attached hydrogen (secondary N) is 1. The van der Waals surface area contributed by atoms with Crippen LogP contribution in [0.3, 0.4) is 0 Å². The molecule has 18 heavy (non-hydrogen) atoms. The van der Waals surface area contributed by atoms with Gasteiger partial charge in [-0.15, -0.1) is 0 Å². The van der Waals surface area contributed by atoms with E-state index in [1.807, 2.05) is 0 Å². The molecule has 0 bridgehead atoms. The van der Waals surface area contributed by atoms with Crippen LogP contribution in [0.2, 0.25) is 0 Å². The number of carbonyl (C=O) groups is 1. The van der Waals surface area contributed by atoms with E-state index in [4.69, 9.17) is 0 Å². The van der Waals surface area contributed by atoms with E-state index in [9.17, 15) is 22.4 Å². The third-order valence-electron chi connectivity index (χ3n) is 2.35. The van der Waals surface area contributed by atoms with E-state index in [1.54, 1.807) is 0 Å². The average molecular weight is 258 g/mol. The molecule has 0 saturated heterocycles. The molecule has 1 heterocycles. The van der Waals surface area contributed by atoms with Gasteiger partial charge in [-0.3, -0.25) is 9.89 Å². The number of halogens is 4. The molecule has 1 aromatic heterocycles. The maximum absolute atomic E-state index is 12.9. The first-order valence-corrected chi connectivity index (χ1v) is 4.79. The number of hydrogen-bond acceptors (Lipinski definition) is 2. The number of benzene rings is 1. The summed E-state index contributed by atoms with van der Waals surface area (Å²) in [4.78, 5) is 10.8. The van der Waals surface area contributed by atoms with Crippen LogP contribution in [0.1, 0.15) is 15.9 Å². The fourth-order valence-electron chi connectivity index (χ4n) is 1.57. The molecule has 0 saturated carbocycles. The Kier molecular flexibility index (Phi) is 2.90. The standard InChI is InChI=1S/C11H6F4N2O/c12-7-1-2-8(6(3-7)5-18)10-9(4-16-17-10)11(13,14)15/h1-5H,(H,16,17). The van der Waals surface area contributed by atoms with E-state index in [0.717, 1.165) is 18.2 Å². The fraction of sp³-hybridized carbons (Fsp3) is 0.0909. The SMILES string of the molecule is O=Cc1cc(F)ccc1-c1[nH]ncc1C(F)(F)F. The predicted molar refractivity (Wildman–Crippen MR) is 54.4 cm³/mol. The van der Waals surface area contributed by atoms with Crippen molar-refractivity contribution < 1.29 is 22.4 Å². The second kappa shape index (κ2) is 4.25. The molecule has 0 atom stereocenters. The largest absolute Gasteiger partial charge is 0.420 e. The van der Waals surface area contributed by atoms with Crippen molar-refractivity contribution in [2.24, 2.45) is 0 Å². The molecule has 0 aliphatic carbocycles. The van der Waals surface area contributed by atoms with Crippen LogP contribution in [0.5, 0.6) is 0 Å². The lowest BCUT2D eigenvalue weighted by Crippen LogP contribution is -2.06. The monoisotopic (exact) mass is 258 g/mol. The number of alkyl halides is 3. The van der Waals surface area contributed by atoms with Gasteiger partial charge in [-0.05, 0) is 18.2 Å². The van der Waals surface area contributed by atoms with Crippen molar-refractivity contribution in [2.45, 2.75) is 6.18 Å². The van der Waals surface area contributed by atoms with E-state index in [2.05, 4.69) is 10.2 Å². The molecule has 0 fully saturated rings. The Balaban J connectivity index is 2.63. The highest BCUT2D eigenvalue weighted by molar-refractivity contribution is 5.87. The fourth-order valence-corrected chi connectivity index (χ4v) is 1.57. The van der Waals surface area contributed by atoms with Crippen LogP contribution < -0.4 is 0 Å². The molecular formula is C11H6F4N2O. The van der Waals surface area contributed by atoms with Gasteiger partial charge in [-0.1, -0.05) is 0 Å². The number of aldehydes is 1. The quantitative estimate of drug-likeness (QED) is 0.664. The molecule has 3 nitrogen and oxygen atoms in total. The maximum atomic E-state index is 12.9. The lowest BCUT2D eigenvalue weighted by molar-refractivity contribution is -0.137. The van der Waals surface area contributed by atoms with E-state index in [-0.39, 0.29) is 16.8 Å². The smallest absolute Gasteiger partial charge is 0.298 e. The first kappa shape index (κ1) is 12.3. The number of H-pyrrole nitrogens is 1. The van der Waals surface area contributed by atoms with Crippen molar-refractivity contribution in [3.63, 3.8) is 0 Å². The molecule has 0 aliphatic heterocycles. The highest BCUT2D eigenvalue weighted by Crippen LogP contribution is 2.36. The van der Waals surface area contributed by atoms with Crippen molar-refractivity contribution in [1.82, 2.24) is 10.2 Å². The first-order chi connectivity index (χ1) is 8.43. The van der Waals surface area contributed by atoms with Crippen molar-refractivity contribution in [1.29, 1.82) is 0 Å². The average Bonchev–Trinajstić information content (AvgIpc) is 2.77. The zero-order valence-corrected chi connectivity index (χ0v) is 8.75. The normalized spacial score (nSPS) is 11.6. The third kappa shape index (κ3) is 2.11. The number of nitrogens with zero attached hydrogens (tertiary/aromatic N) is 1. The van der Waals surface area contributed by atoms with Gasteiger partial charge in [0, 0.05) is 11.1 Å². The van der Waals surface area contributed by atoms with Crippen molar-refractivity contribution in [2.75, 3.05) is 0 Å². The van der Waals surface area contributed by atoms with Crippen molar-refractivity contribution >= 4 is 6.29 Å². The van der Waals surface area contributed by atoms with Gasteiger partial charge in [0.25, 0.3) is 0 Å². The zero-order valence-electron chi connectivity index (χ0n) is 8.75. The van der Waals surface area contributed by atoms with Gasteiger partial charge >= 0.3 is 6.18 Å². The summed E-state index contributed by atoms with van der Waals surface area (Å²) in [6.07, 6.45) is -3.69. The third-order valence-corrected chi connectivity index (χ3v) is 2.35. The van der Waals surface area contributed by atoms with Gasteiger partial charge in [0.15, 0.2) is 6.29 Å². The molecule has 2 aromatic rings. The number of rotatable bonds is 2. The summed E-state index contributed by atoms with van der Waals surface area (Å²) in [5, 5.41) is 5.48. The van der Waals surface area contributed by atoms with Gasteiger partial charge in [-0.25, -0.2) is 4.39 Å². The van der Waals surface area contributed by atoms with E-state index in [0.29, 0.717) is 12.5 Å². The predicted octanol–water partition coefficient (Wildman–Crippen LogP) is 3.05. The van der Waals surface area contributed by atoms with Crippen molar-refractivity contribution in [3.05, 3.63) is 41.3 Å². The number of hydrogen-bond donors (Lipinski definition) is 1. The summed E-state index contributed by atoms with van der Waals surface area (Å²) < 4.78 is 50.9. The minimum absolute atomic E-state index is 0.0452. The zero-order chi connectivity index (χ0) is 13.3. The Hall–Kier alpha value is -2.18. The molecule has 1 aromatic carbocycles. The van der Waals surface area contributed by atoms with Crippen LogP contribution in [-0.4, -0.2) is 16.5 Å². The van der Waals surface area contributed by atoms with Gasteiger partial charge in [0.1, 0.15) is 11.4 Å². The Bertz CT molecular complexity index is 589. The lowest BCUT2D eigenvalue weighted by atomic mass is 10.0. The Morgan fingerprint density at radius 1 is 1.28 bits per heavy atom. The second-order valence-corrected chi connectivity index (χ2v) is 3.51. The molecule has 0 amide bonds. The number of aromatic amines is 1. The molecule has 1 N–H and O–H groups in total. The summed E-state index contributed by atoms with van der Waals surface area (Å²) in [7, 11) is 0. The minimum Gasteiger partial charge on any atom is -0.298 e. The van der Waals surface area contributed by atoms with Gasteiger partial charge < -0.3 is 0 Å². The molecule has 7 heteroatoms. The number of carbonyl (C=O) groups excluding carboxylic acids is 1. The highest BCUT2D eigenvalue weighted by atomic mass is 19.4. The maximum Gasteiger partial charge on any atom is 0.420 e. The molecular weight excluding hydrogens is 252 g/mol. The van der Waals surface area contributed by atoms with E-state index >= 15 is 0 Å². The topological polar surface area (TPSA) is 45.8 Å². The van der Waals surface area contributed by atoms with Crippen molar-refractivity contribution in [3.8, 4) is 11.3 Å². The molecule has 0 spiro atoms. The van der Waals surface area contributed by atoms with Crippen LogP contribution in [0.25, 0.3) is 11.3 Å². The molecule has 94 valence electrons. The summed E-state index contributed by atoms with van der Waals surface area (Å²) in [5.41, 5.74) is -1.58. The number of aromatic nitrogens is 2. The summed E-state index contributed by atoms with van der Waals surface area (Å²) in [6.45, 7) is 0. The first-order valence-electron chi connectivity index (χ1n) is 4.79. The summed E-state index contributed by atoms with van der Waals surface area (Å²) in [5.74, 6) is -0.700. The summed E-state index contributed by atoms with van der Waals surface area (Å²) >= 11 is 0. The lowest BCUT2D eigenvalue weighted by Gasteiger charge is -2.08. The molecule has 0 aliphatic rings. The Labute approximate surface area is 98.4 Å². The minimum atomic E-state index is -4.60. The molecule has 0 radical (unpaired) electrons. The van der Waals surface area contributed by atoms with E-state index < -0.39 is 17.6 Å². The van der Waals surface area contributed by atoms with Gasteiger partial charge in [0.2, 0.25) is 0 Å². The Morgan fingerprint density at radius 2 is 2.00 bits per heavy atom. The molecule has 0 unspecified atom stereocenters.